The Labute approximate surface area is 139 Å². The maximum atomic E-state index is 13.3. The van der Waals surface area contributed by atoms with E-state index >= 15 is 0 Å². The van der Waals surface area contributed by atoms with Crippen LogP contribution in [0.2, 0.25) is 0 Å². The molecule has 0 aliphatic rings. The van der Waals surface area contributed by atoms with Gasteiger partial charge in [-0.15, -0.1) is 0 Å². The van der Waals surface area contributed by atoms with E-state index in [2.05, 4.69) is 4.72 Å². The van der Waals surface area contributed by atoms with Gasteiger partial charge in [0.25, 0.3) is 10.0 Å². The molecule has 1 N–H and O–H groups in total. The lowest BCUT2D eigenvalue weighted by molar-refractivity contribution is 0.485. The number of anilines is 1. The Balaban J connectivity index is 1.90. The summed E-state index contributed by atoms with van der Waals surface area (Å²) in [6.45, 7) is 0. The summed E-state index contributed by atoms with van der Waals surface area (Å²) in [5, 5.41) is 0. The minimum absolute atomic E-state index is 0.156. The zero-order valence-corrected chi connectivity index (χ0v) is 13.3. The first-order valence-corrected chi connectivity index (χ1v) is 8.63. The van der Waals surface area contributed by atoms with Crippen LogP contribution < -0.4 is 9.46 Å². The number of para-hydroxylation sites is 3. The average molecular weight is 343 g/mol. The van der Waals surface area contributed by atoms with Crippen LogP contribution in [0, 0.1) is 5.82 Å². The van der Waals surface area contributed by atoms with Crippen LogP contribution in [-0.4, -0.2) is 8.42 Å². The topological polar surface area (TPSA) is 55.4 Å². The van der Waals surface area contributed by atoms with Gasteiger partial charge in [0, 0.05) is 0 Å². The van der Waals surface area contributed by atoms with Crippen LogP contribution in [0.15, 0.2) is 83.8 Å². The first-order valence-electron chi connectivity index (χ1n) is 7.15. The molecule has 0 saturated carbocycles. The molecule has 122 valence electrons. The molecule has 0 atom stereocenters. The summed E-state index contributed by atoms with van der Waals surface area (Å²) in [7, 11) is -3.92. The van der Waals surface area contributed by atoms with Crippen molar-refractivity contribution in [3.8, 4) is 11.5 Å². The highest BCUT2D eigenvalue weighted by atomic mass is 32.2. The van der Waals surface area contributed by atoms with Gasteiger partial charge in [-0.05, 0) is 42.5 Å². The van der Waals surface area contributed by atoms with E-state index < -0.39 is 15.8 Å². The van der Waals surface area contributed by atoms with Crippen molar-refractivity contribution < 1.29 is 17.5 Å². The van der Waals surface area contributed by atoms with Crippen LogP contribution >= 0.6 is 0 Å². The molecule has 6 heteroatoms. The van der Waals surface area contributed by atoms with Gasteiger partial charge < -0.3 is 4.74 Å². The lowest BCUT2D eigenvalue weighted by atomic mass is 10.3. The van der Waals surface area contributed by atoms with E-state index in [0.29, 0.717) is 11.5 Å². The largest absolute Gasteiger partial charge is 0.455 e. The van der Waals surface area contributed by atoms with E-state index in [4.69, 9.17) is 4.74 Å². The summed E-state index contributed by atoms with van der Waals surface area (Å²) < 4.78 is 46.3. The van der Waals surface area contributed by atoms with Crippen molar-refractivity contribution in [2.75, 3.05) is 4.72 Å². The number of nitrogens with one attached hydrogen (secondary N) is 1. The Morgan fingerprint density at radius 2 is 1.54 bits per heavy atom. The maximum absolute atomic E-state index is 13.3. The van der Waals surface area contributed by atoms with Crippen molar-refractivity contribution >= 4 is 15.7 Å². The molecule has 3 rings (SSSR count). The summed E-state index contributed by atoms with van der Waals surface area (Å²) in [6, 6.07) is 20.5. The Morgan fingerprint density at radius 3 is 2.29 bits per heavy atom. The molecule has 0 radical (unpaired) electrons. The fourth-order valence-corrected chi connectivity index (χ4v) is 3.19. The first-order chi connectivity index (χ1) is 11.5. The van der Waals surface area contributed by atoms with Crippen LogP contribution in [-0.2, 0) is 10.0 Å². The van der Waals surface area contributed by atoms with Gasteiger partial charge in [-0.25, -0.2) is 12.8 Å². The van der Waals surface area contributed by atoms with Crippen LogP contribution in [0.3, 0.4) is 0 Å². The van der Waals surface area contributed by atoms with Crippen LogP contribution in [0.5, 0.6) is 11.5 Å². The van der Waals surface area contributed by atoms with Crippen molar-refractivity contribution in [2.24, 2.45) is 0 Å². The van der Waals surface area contributed by atoms with Crippen LogP contribution in [0.4, 0.5) is 10.1 Å². The quantitative estimate of drug-likeness (QED) is 0.746. The third kappa shape index (κ3) is 3.72. The van der Waals surface area contributed by atoms with Gasteiger partial charge >= 0.3 is 0 Å². The second-order valence-electron chi connectivity index (χ2n) is 4.97. The molecule has 0 bridgehead atoms. The Hall–Kier alpha value is -2.86. The molecule has 4 nitrogen and oxygen atoms in total. The number of ether oxygens (including phenoxy) is 1. The van der Waals surface area contributed by atoms with Crippen LogP contribution in [0.1, 0.15) is 0 Å². The predicted octanol–water partition coefficient (Wildman–Crippen LogP) is 4.42. The zero-order chi connectivity index (χ0) is 17.0. The van der Waals surface area contributed by atoms with Gasteiger partial charge in [0.1, 0.15) is 11.6 Å². The number of sulfonamides is 1. The summed E-state index contributed by atoms with van der Waals surface area (Å²) in [5.41, 5.74) is 0.269. The molecule has 0 spiro atoms. The molecule has 0 fully saturated rings. The summed E-state index contributed by atoms with van der Waals surface area (Å²) in [6.07, 6.45) is 0. The molecule has 3 aromatic carbocycles. The van der Waals surface area contributed by atoms with Crippen molar-refractivity contribution in [1.29, 1.82) is 0 Å². The average Bonchev–Trinajstić information content (AvgIpc) is 2.57. The third-order valence-corrected chi connectivity index (χ3v) is 4.57. The highest BCUT2D eigenvalue weighted by Crippen LogP contribution is 2.30. The molecule has 0 unspecified atom stereocenters. The Bertz CT molecular complexity index is 943. The zero-order valence-electron chi connectivity index (χ0n) is 12.5. The SMILES string of the molecule is O=S(=O)(Nc1ccccc1Oc1ccccc1)c1cccc(F)c1. The van der Waals surface area contributed by atoms with E-state index in [1.165, 1.54) is 18.2 Å². The number of benzene rings is 3. The number of halogens is 1. The highest BCUT2D eigenvalue weighted by molar-refractivity contribution is 7.92. The molecular formula is C18H14FNO3S. The van der Waals surface area contributed by atoms with Crippen molar-refractivity contribution in [1.82, 2.24) is 0 Å². The van der Waals surface area contributed by atoms with Gasteiger partial charge in [-0.2, -0.15) is 0 Å². The highest BCUT2D eigenvalue weighted by Gasteiger charge is 2.17. The number of rotatable bonds is 5. The molecule has 0 heterocycles. The predicted molar refractivity (Wildman–Crippen MR) is 90.2 cm³/mol. The monoisotopic (exact) mass is 343 g/mol. The second kappa shape index (κ2) is 6.72. The smallest absolute Gasteiger partial charge is 0.262 e. The number of hydrogen-bond donors (Lipinski definition) is 1. The minimum Gasteiger partial charge on any atom is -0.455 e. The molecule has 0 amide bonds. The Morgan fingerprint density at radius 1 is 0.833 bits per heavy atom. The van der Waals surface area contributed by atoms with E-state index in [0.717, 1.165) is 6.07 Å². The standard InChI is InChI=1S/C18H14FNO3S/c19-14-7-6-10-16(13-14)24(21,22)20-17-11-4-5-12-18(17)23-15-8-2-1-3-9-15/h1-13,20H. The van der Waals surface area contributed by atoms with Gasteiger partial charge in [0.2, 0.25) is 0 Å². The maximum Gasteiger partial charge on any atom is 0.262 e. The van der Waals surface area contributed by atoms with Gasteiger partial charge in [0.05, 0.1) is 10.6 Å². The van der Waals surface area contributed by atoms with E-state index in [1.807, 2.05) is 18.2 Å². The third-order valence-electron chi connectivity index (χ3n) is 3.21. The lowest BCUT2D eigenvalue weighted by Gasteiger charge is -2.13. The first kappa shape index (κ1) is 16.0. The Kier molecular flexibility index (Phi) is 4.48. The molecule has 24 heavy (non-hydrogen) atoms. The van der Waals surface area contributed by atoms with Gasteiger partial charge in [0.15, 0.2) is 5.75 Å². The minimum atomic E-state index is -3.92. The molecule has 0 aromatic heterocycles. The van der Waals surface area contributed by atoms with E-state index in [-0.39, 0.29) is 10.6 Å². The summed E-state index contributed by atoms with van der Waals surface area (Å²) >= 11 is 0. The summed E-state index contributed by atoms with van der Waals surface area (Å²) in [4.78, 5) is -0.156. The molecule has 3 aromatic rings. The van der Waals surface area contributed by atoms with E-state index in [9.17, 15) is 12.8 Å². The number of hydrogen-bond acceptors (Lipinski definition) is 3. The molecule has 0 aliphatic heterocycles. The summed E-state index contributed by atoms with van der Waals surface area (Å²) in [5.74, 6) is 0.310. The second-order valence-corrected chi connectivity index (χ2v) is 6.66. The molecule has 0 aliphatic carbocycles. The fraction of sp³-hybridized carbons (Fsp3) is 0. The van der Waals surface area contributed by atoms with Gasteiger partial charge in [-0.1, -0.05) is 36.4 Å². The van der Waals surface area contributed by atoms with Crippen LogP contribution in [0.25, 0.3) is 0 Å². The normalized spacial score (nSPS) is 11.0. The van der Waals surface area contributed by atoms with E-state index in [1.54, 1.807) is 36.4 Å². The molecular weight excluding hydrogens is 329 g/mol. The van der Waals surface area contributed by atoms with Gasteiger partial charge in [-0.3, -0.25) is 4.72 Å². The fourth-order valence-electron chi connectivity index (χ4n) is 2.09. The lowest BCUT2D eigenvalue weighted by Crippen LogP contribution is -2.13. The van der Waals surface area contributed by atoms with Crippen molar-refractivity contribution in [3.63, 3.8) is 0 Å². The van der Waals surface area contributed by atoms with Crippen molar-refractivity contribution in [3.05, 3.63) is 84.7 Å². The van der Waals surface area contributed by atoms with Crippen molar-refractivity contribution in [2.45, 2.75) is 4.90 Å². The molecule has 0 saturated heterocycles.